The summed E-state index contributed by atoms with van der Waals surface area (Å²) in [4.78, 5) is 21.2. The van der Waals surface area contributed by atoms with Gasteiger partial charge in [0.2, 0.25) is 5.24 Å². The molecule has 0 saturated heterocycles. The number of halogens is 2. The highest BCUT2D eigenvalue weighted by atomic mass is 35.5. The average molecular weight is 214 g/mol. The number of hydrogen-bond acceptors (Lipinski definition) is 2. The fraction of sp³-hybridized carbons (Fsp3) is 0.714. The van der Waals surface area contributed by atoms with E-state index in [0.717, 1.165) is 0 Å². The zero-order valence-corrected chi connectivity index (χ0v) is 8.95. The minimum atomic E-state index is -0.580. The van der Waals surface area contributed by atoms with Gasteiger partial charge in [-0.3, -0.25) is 9.59 Å². The summed E-state index contributed by atoms with van der Waals surface area (Å²) in [5.41, 5.74) is 0. The molecule has 0 aliphatic carbocycles. The summed E-state index contributed by atoms with van der Waals surface area (Å²) in [6.07, 6.45) is -0.156. The molecule has 0 aromatic carbocycles. The third-order valence-corrected chi connectivity index (χ3v) is 1.12. The van der Waals surface area contributed by atoms with Crippen LogP contribution in [0, 0.1) is 0 Å². The van der Waals surface area contributed by atoms with Gasteiger partial charge in [0.1, 0.15) is 6.54 Å². The van der Waals surface area contributed by atoms with Crippen molar-refractivity contribution >= 4 is 22.6 Å². The Labute approximate surface area is 83.7 Å². The van der Waals surface area contributed by atoms with Gasteiger partial charge in [-0.1, -0.05) is 0 Å². The Kier molecular flexibility index (Phi) is 6.62. The van der Waals surface area contributed by atoms with Crippen molar-refractivity contribution < 1.29 is 26.5 Å². The molecular weight excluding hydrogens is 201 g/mol. The summed E-state index contributed by atoms with van der Waals surface area (Å²) in [5.74, 6) is -0.113. The van der Waals surface area contributed by atoms with Crippen LogP contribution < -0.4 is 12.4 Å². The molecule has 0 fully saturated rings. The summed E-state index contributed by atoms with van der Waals surface area (Å²) in [7, 11) is 5.66. The predicted molar refractivity (Wildman–Crippen MR) is 43.4 cm³/mol. The number of quaternary nitrogens is 1. The molecule has 0 aliphatic rings. The Balaban J connectivity index is 0. The first kappa shape index (κ1) is 14.4. The maximum Gasteiger partial charge on any atom is 0.229 e. The normalized spacial score (nSPS) is 10.3. The molecule has 0 amide bonds. The van der Waals surface area contributed by atoms with Crippen LogP contribution in [0.1, 0.15) is 6.42 Å². The molecule has 0 rings (SSSR count). The van der Waals surface area contributed by atoms with E-state index in [0.29, 0.717) is 11.0 Å². The third-order valence-electron chi connectivity index (χ3n) is 0.987. The van der Waals surface area contributed by atoms with Crippen LogP contribution in [0.25, 0.3) is 0 Å². The van der Waals surface area contributed by atoms with Gasteiger partial charge in [-0.25, -0.2) is 0 Å². The minimum absolute atomic E-state index is 0. The highest BCUT2D eigenvalue weighted by Crippen LogP contribution is 1.96. The van der Waals surface area contributed by atoms with Gasteiger partial charge in [-0.15, -0.1) is 0 Å². The number of hydrogen-bond donors (Lipinski definition) is 0. The number of likely N-dealkylation sites (N-methyl/N-ethyl adjacent to an activating group) is 1. The van der Waals surface area contributed by atoms with Crippen molar-refractivity contribution in [2.75, 3.05) is 27.7 Å². The smallest absolute Gasteiger partial charge is 0.229 e. The van der Waals surface area contributed by atoms with Gasteiger partial charge in [0, 0.05) is 0 Å². The van der Waals surface area contributed by atoms with Crippen LogP contribution in [0.2, 0.25) is 0 Å². The van der Waals surface area contributed by atoms with Gasteiger partial charge in [0.05, 0.1) is 27.6 Å². The van der Waals surface area contributed by atoms with Crippen molar-refractivity contribution in [2.24, 2.45) is 0 Å². The Hall–Kier alpha value is -0.120. The average Bonchev–Trinajstić information content (AvgIpc) is 1.53. The predicted octanol–water partition coefficient (Wildman–Crippen LogP) is -2.58. The van der Waals surface area contributed by atoms with E-state index < -0.39 is 5.24 Å². The van der Waals surface area contributed by atoms with Crippen molar-refractivity contribution in [3.8, 4) is 0 Å². The summed E-state index contributed by atoms with van der Waals surface area (Å²) >= 11 is 5.03. The maximum absolute atomic E-state index is 10.9. The van der Waals surface area contributed by atoms with Gasteiger partial charge < -0.3 is 16.9 Å². The lowest BCUT2D eigenvalue weighted by Gasteiger charge is -2.22. The summed E-state index contributed by atoms with van der Waals surface area (Å²) < 4.78 is 0.531. The van der Waals surface area contributed by atoms with Gasteiger partial charge >= 0.3 is 0 Å². The fourth-order valence-electron chi connectivity index (χ4n) is 0.740. The number of nitrogens with zero attached hydrogens (tertiary/aromatic N) is 1. The van der Waals surface area contributed by atoms with Crippen molar-refractivity contribution in [3.63, 3.8) is 0 Å². The highest BCUT2D eigenvalue weighted by Gasteiger charge is 2.15. The van der Waals surface area contributed by atoms with Crippen LogP contribution in [0.4, 0.5) is 0 Å². The second kappa shape index (κ2) is 5.51. The Bertz CT molecular complexity index is 175. The van der Waals surface area contributed by atoms with Gasteiger partial charge in [-0.05, 0) is 11.6 Å². The highest BCUT2D eigenvalue weighted by molar-refractivity contribution is 6.64. The zero-order chi connectivity index (χ0) is 9.07. The molecule has 0 aliphatic heterocycles. The first-order valence-electron chi connectivity index (χ1n) is 3.32. The fourth-order valence-corrected chi connectivity index (χ4v) is 0.889. The van der Waals surface area contributed by atoms with Crippen LogP contribution in [0.3, 0.4) is 0 Å². The van der Waals surface area contributed by atoms with Crippen LogP contribution in [0.5, 0.6) is 0 Å². The SMILES string of the molecule is C[N+](C)(C)CC(=O)CC(=O)Cl.[Cl-]. The van der Waals surface area contributed by atoms with E-state index in [-0.39, 0.29) is 24.6 Å². The molecule has 3 nitrogen and oxygen atoms in total. The number of Topliss-reactive ketones (excluding diaryl/α,β-unsaturated/α-hetero) is 1. The molecule has 0 aromatic rings. The zero-order valence-electron chi connectivity index (χ0n) is 7.43. The first-order chi connectivity index (χ1) is 4.81. The monoisotopic (exact) mass is 213 g/mol. The molecule has 0 saturated carbocycles. The van der Waals surface area contributed by atoms with Crippen molar-refractivity contribution in [3.05, 3.63) is 0 Å². The Morgan fingerprint density at radius 3 is 1.92 bits per heavy atom. The van der Waals surface area contributed by atoms with Crippen molar-refractivity contribution in [1.29, 1.82) is 0 Å². The van der Waals surface area contributed by atoms with Crippen LogP contribution >= 0.6 is 11.6 Å². The topological polar surface area (TPSA) is 34.1 Å². The second-order valence-electron chi connectivity index (χ2n) is 3.52. The lowest BCUT2D eigenvalue weighted by molar-refractivity contribution is -0.862. The molecule has 0 unspecified atom stereocenters. The van der Waals surface area contributed by atoms with Gasteiger partial charge in [-0.2, -0.15) is 0 Å². The van der Waals surface area contributed by atoms with Gasteiger partial charge in [0.25, 0.3) is 0 Å². The van der Waals surface area contributed by atoms with Crippen molar-refractivity contribution in [2.45, 2.75) is 6.42 Å². The molecule has 0 bridgehead atoms. The molecule has 12 heavy (non-hydrogen) atoms. The van der Waals surface area contributed by atoms with E-state index in [1.807, 2.05) is 21.1 Å². The van der Waals surface area contributed by atoms with E-state index in [1.165, 1.54) is 0 Å². The number of ketones is 1. The van der Waals surface area contributed by atoms with Crippen LogP contribution in [-0.4, -0.2) is 43.2 Å². The Morgan fingerprint density at radius 2 is 1.67 bits per heavy atom. The molecule has 0 spiro atoms. The van der Waals surface area contributed by atoms with E-state index >= 15 is 0 Å². The van der Waals surface area contributed by atoms with E-state index in [4.69, 9.17) is 11.6 Å². The molecule has 72 valence electrons. The van der Waals surface area contributed by atoms with Crippen LogP contribution in [-0.2, 0) is 9.59 Å². The summed E-state index contributed by atoms with van der Waals surface area (Å²) in [6.45, 7) is 0.346. The molecule has 0 N–H and O–H groups in total. The standard InChI is InChI=1S/C7H13ClNO2.ClH/c1-9(2,3)5-6(10)4-7(8)11;/h4-5H2,1-3H3;1H/q+1;/p-1. The van der Waals surface area contributed by atoms with E-state index in [2.05, 4.69) is 0 Å². The number of rotatable bonds is 4. The lowest BCUT2D eigenvalue weighted by Crippen LogP contribution is -3.00. The molecule has 0 aromatic heterocycles. The number of carbonyl (C=O) groups is 2. The molecular formula is C7H13Cl2NO2. The number of carbonyl (C=O) groups excluding carboxylic acids is 2. The third kappa shape index (κ3) is 9.88. The molecule has 0 heterocycles. The first-order valence-corrected chi connectivity index (χ1v) is 3.69. The quantitative estimate of drug-likeness (QED) is 0.292. The maximum atomic E-state index is 10.9. The van der Waals surface area contributed by atoms with E-state index in [9.17, 15) is 9.59 Å². The summed E-state index contributed by atoms with van der Waals surface area (Å²) in [6, 6.07) is 0. The Morgan fingerprint density at radius 1 is 1.25 bits per heavy atom. The van der Waals surface area contributed by atoms with Crippen LogP contribution in [0.15, 0.2) is 0 Å². The second-order valence-corrected chi connectivity index (χ2v) is 3.94. The summed E-state index contributed by atoms with van der Waals surface area (Å²) in [5, 5.41) is -0.580. The minimum Gasteiger partial charge on any atom is -1.00 e. The van der Waals surface area contributed by atoms with Gasteiger partial charge in [0.15, 0.2) is 5.78 Å². The molecule has 0 atom stereocenters. The molecule has 0 radical (unpaired) electrons. The largest absolute Gasteiger partial charge is 1.00 e. The van der Waals surface area contributed by atoms with Crippen molar-refractivity contribution in [1.82, 2.24) is 0 Å². The van der Waals surface area contributed by atoms with E-state index in [1.54, 1.807) is 0 Å². The lowest BCUT2D eigenvalue weighted by atomic mass is 10.3. The molecule has 5 heteroatoms.